The van der Waals surface area contributed by atoms with Crippen LogP contribution in [0.25, 0.3) is 5.57 Å². The standard InChI is InChI=1S/C33H41ClF2N4O3/c1-4-6-10-26-28(40-18-16-29(43-33(40)42)31-25(35)15-14-24(34)32(31)36)11-8-7-9-17-37-27-19-22(39-30(41)5-2)12-13-23(27)21(3)20-38-26/h10,12-15,19-20,28-29,37-38H,4-9,11,16-18H2,1-3H3,(H,39,41)/b21-20+,26-10+. The van der Waals surface area contributed by atoms with Crippen LogP contribution in [0.4, 0.5) is 25.0 Å². The van der Waals surface area contributed by atoms with Crippen LogP contribution in [0.15, 0.2) is 48.3 Å². The summed E-state index contributed by atoms with van der Waals surface area (Å²) >= 11 is 5.90. The van der Waals surface area contributed by atoms with Crippen molar-refractivity contribution in [1.82, 2.24) is 10.2 Å². The zero-order valence-corrected chi connectivity index (χ0v) is 25.8. The van der Waals surface area contributed by atoms with Gasteiger partial charge in [-0.25, -0.2) is 13.6 Å². The van der Waals surface area contributed by atoms with Crippen molar-refractivity contribution in [3.63, 3.8) is 0 Å². The maximum absolute atomic E-state index is 14.7. The number of carbonyl (C=O) groups is 2. The molecule has 2 aliphatic heterocycles. The number of cyclic esters (lactones) is 1. The molecule has 2 aliphatic rings. The van der Waals surface area contributed by atoms with E-state index in [1.165, 1.54) is 0 Å². The topological polar surface area (TPSA) is 82.7 Å². The first-order valence-corrected chi connectivity index (χ1v) is 15.5. The van der Waals surface area contributed by atoms with Crippen molar-refractivity contribution in [1.29, 1.82) is 0 Å². The number of rotatable bonds is 6. The fraction of sp³-hybridized carbons (Fsp3) is 0.455. The number of ether oxygens (including phenoxy) is 1. The molecule has 2 aromatic carbocycles. The molecule has 4 rings (SSSR count). The Bertz CT molecular complexity index is 1380. The summed E-state index contributed by atoms with van der Waals surface area (Å²) in [6, 6.07) is 7.80. The van der Waals surface area contributed by atoms with Crippen molar-refractivity contribution < 1.29 is 23.1 Å². The van der Waals surface area contributed by atoms with E-state index in [0.717, 1.165) is 79.0 Å². The second kappa shape index (κ2) is 15.2. The Balaban J connectivity index is 1.60. The van der Waals surface area contributed by atoms with Crippen molar-refractivity contribution in [3.8, 4) is 0 Å². The number of allylic oxidation sites excluding steroid dienone is 2. The SMILES string of the molecule is CCC/C=C1/N/C=C(\C)c2ccc(NC(=O)CC)cc2NCCCCCC1N1CCC(c2c(F)ccc(Cl)c2F)OC1=O. The van der Waals surface area contributed by atoms with Crippen LogP contribution in [0.3, 0.4) is 0 Å². The van der Waals surface area contributed by atoms with Gasteiger partial charge in [-0.2, -0.15) is 0 Å². The monoisotopic (exact) mass is 614 g/mol. The van der Waals surface area contributed by atoms with Gasteiger partial charge in [0.05, 0.1) is 16.6 Å². The first-order chi connectivity index (χ1) is 20.7. The summed E-state index contributed by atoms with van der Waals surface area (Å²) in [6.07, 6.45) is 8.20. The summed E-state index contributed by atoms with van der Waals surface area (Å²) < 4.78 is 34.9. The Morgan fingerprint density at radius 1 is 1.16 bits per heavy atom. The van der Waals surface area contributed by atoms with E-state index in [1.807, 2.05) is 38.2 Å². The average Bonchev–Trinajstić information content (AvgIpc) is 3.00. The zero-order valence-electron chi connectivity index (χ0n) is 25.1. The molecule has 2 amide bonds. The molecule has 2 atom stereocenters. The third-order valence-corrected chi connectivity index (χ3v) is 8.17. The Hall–Kier alpha value is -3.59. The van der Waals surface area contributed by atoms with Crippen molar-refractivity contribution in [2.24, 2.45) is 0 Å². The van der Waals surface area contributed by atoms with E-state index in [2.05, 4.69) is 29.0 Å². The number of nitrogens with zero attached hydrogens (tertiary/aromatic N) is 1. The van der Waals surface area contributed by atoms with Crippen LogP contribution in [0, 0.1) is 11.6 Å². The molecule has 232 valence electrons. The first-order valence-electron chi connectivity index (χ1n) is 15.2. The second-order valence-electron chi connectivity index (χ2n) is 11.0. The molecule has 0 aromatic heterocycles. The van der Waals surface area contributed by atoms with E-state index in [9.17, 15) is 18.4 Å². The van der Waals surface area contributed by atoms with Crippen LogP contribution in [-0.4, -0.2) is 36.0 Å². The molecule has 0 spiro atoms. The van der Waals surface area contributed by atoms with Gasteiger partial charge in [0, 0.05) is 54.8 Å². The second-order valence-corrected chi connectivity index (χ2v) is 11.4. The number of nitrogens with one attached hydrogen (secondary N) is 3. The van der Waals surface area contributed by atoms with E-state index in [1.54, 1.807) is 4.90 Å². The minimum Gasteiger partial charge on any atom is -0.441 e. The number of halogens is 3. The molecule has 43 heavy (non-hydrogen) atoms. The minimum absolute atomic E-state index is 0.0411. The van der Waals surface area contributed by atoms with Gasteiger partial charge in [-0.05, 0) is 56.0 Å². The van der Waals surface area contributed by atoms with E-state index in [4.69, 9.17) is 16.3 Å². The van der Waals surface area contributed by atoms with Gasteiger partial charge in [0.15, 0.2) is 5.82 Å². The first kappa shape index (κ1) is 32.3. The van der Waals surface area contributed by atoms with Crippen molar-refractivity contribution in [2.75, 3.05) is 23.7 Å². The molecule has 2 aromatic rings. The number of anilines is 2. The molecule has 2 heterocycles. The summed E-state index contributed by atoms with van der Waals surface area (Å²) in [5.74, 6) is -1.72. The number of hydrogen-bond donors (Lipinski definition) is 3. The van der Waals surface area contributed by atoms with E-state index < -0.39 is 23.8 Å². The lowest BCUT2D eigenvalue weighted by atomic mass is 9.99. The summed E-state index contributed by atoms with van der Waals surface area (Å²) in [5, 5.41) is 9.75. The summed E-state index contributed by atoms with van der Waals surface area (Å²) in [5.41, 5.74) is 4.23. The van der Waals surface area contributed by atoms with E-state index in [-0.39, 0.29) is 35.5 Å². The van der Waals surface area contributed by atoms with Crippen molar-refractivity contribution in [2.45, 2.75) is 84.3 Å². The van der Waals surface area contributed by atoms with Gasteiger partial charge in [0.2, 0.25) is 5.91 Å². The third kappa shape index (κ3) is 8.07. The molecule has 10 heteroatoms. The zero-order chi connectivity index (χ0) is 30.9. The molecule has 0 bridgehead atoms. The van der Waals surface area contributed by atoms with Crippen LogP contribution >= 0.6 is 11.6 Å². The fourth-order valence-electron chi connectivity index (χ4n) is 5.48. The molecule has 0 aliphatic carbocycles. The van der Waals surface area contributed by atoms with Gasteiger partial charge in [0.1, 0.15) is 11.9 Å². The Morgan fingerprint density at radius 2 is 1.98 bits per heavy atom. The highest BCUT2D eigenvalue weighted by molar-refractivity contribution is 6.30. The van der Waals surface area contributed by atoms with E-state index in [0.29, 0.717) is 12.8 Å². The Kier molecular flexibility index (Phi) is 11.4. The molecule has 1 saturated heterocycles. The lowest BCUT2D eigenvalue weighted by Gasteiger charge is -2.38. The lowest BCUT2D eigenvalue weighted by molar-refractivity contribution is -0.115. The quantitative estimate of drug-likeness (QED) is 0.284. The number of carbonyl (C=O) groups excluding carboxylic acids is 2. The largest absolute Gasteiger partial charge is 0.441 e. The third-order valence-electron chi connectivity index (χ3n) is 7.87. The fourth-order valence-corrected chi connectivity index (χ4v) is 5.65. The molecular formula is C33H41ClF2N4O3. The van der Waals surface area contributed by atoms with Gasteiger partial charge in [-0.1, -0.05) is 56.9 Å². The van der Waals surface area contributed by atoms with Gasteiger partial charge in [-0.3, -0.25) is 9.69 Å². The highest BCUT2D eigenvalue weighted by Crippen LogP contribution is 2.35. The smallest absolute Gasteiger partial charge is 0.410 e. The summed E-state index contributed by atoms with van der Waals surface area (Å²) in [6.45, 7) is 6.96. The van der Waals surface area contributed by atoms with Gasteiger partial charge in [-0.15, -0.1) is 0 Å². The summed E-state index contributed by atoms with van der Waals surface area (Å²) in [7, 11) is 0. The molecular weight excluding hydrogens is 574 g/mol. The number of hydrogen-bond acceptors (Lipinski definition) is 5. The lowest BCUT2D eigenvalue weighted by Crippen LogP contribution is -2.48. The predicted octanol–water partition coefficient (Wildman–Crippen LogP) is 8.54. The van der Waals surface area contributed by atoms with Crippen LogP contribution < -0.4 is 16.0 Å². The molecule has 1 fully saturated rings. The van der Waals surface area contributed by atoms with Crippen LogP contribution in [0.1, 0.15) is 89.4 Å². The van der Waals surface area contributed by atoms with Gasteiger partial charge < -0.3 is 20.7 Å². The number of amides is 2. The van der Waals surface area contributed by atoms with Crippen LogP contribution in [0.5, 0.6) is 0 Å². The number of unbranched alkanes of at least 4 members (excludes halogenated alkanes) is 1. The van der Waals surface area contributed by atoms with E-state index >= 15 is 0 Å². The van der Waals surface area contributed by atoms with Crippen molar-refractivity contribution >= 4 is 40.5 Å². The molecule has 0 saturated carbocycles. The van der Waals surface area contributed by atoms with Crippen LogP contribution in [0.2, 0.25) is 5.02 Å². The average molecular weight is 615 g/mol. The normalized spacial score (nSPS) is 22.0. The molecule has 2 unspecified atom stereocenters. The maximum Gasteiger partial charge on any atom is 0.410 e. The highest BCUT2D eigenvalue weighted by atomic mass is 35.5. The van der Waals surface area contributed by atoms with Crippen LogP contribution in [-0.2, 0) is 9.53 Å². The number of benzene rings is 2. The Labute approximate surface area is 257 Å². The van der Waals surface area contributed by atoms with Gasteiger partial charge >= 0.3 is 6.09 Å². The maximum atomic E-state index is 14.7. The molecule has 7 nitrogen and oxygen atoms in total. The number of fused-ring (bicyclic) bond motifs is 1. The minimum atomic E-state index is -1.05. The van der Waals surface area contributed by atoms with Gasteiger partial charge in [0.25, 0.3) is 0 Å². The molecule has 0 radical (unpaired) electrons. The summed E-state index contributed by atoms with van der Waals surface area (Å²) in [4.78, 5) is 27.0. The predicted molar refractivity (Wildman–Crippen MR) is 168 cm³/mol. The molecule has 3 N–H and O–H groups in total. The highest BCUT2D eigenvalue weighted by Gasteiger charge is 2.37. The Morgan fingerprint density at radius 3 is 2.72 bits per heavy atom. The van der Waals surface area contributed by atoms with Crippen molar-refractivity contribution in [3.05, 3.63) is 76.1 Å².